The number of para-hydroxylation sites is 1. The van der Waals surface area contributed by atoms with Gasteiger partial charge in [0.1, 0.15) is 5.92 Å². The zero-order chi connectivity index (χ0) is 16.8. The van der Waals surface area contributed by atoms with E-state index in [1.165, 1.54) is 32.4 Å². The summed E-state index contributed by atoms with van der Waals surface area (Å²) >= 11 is 0. The van der Waals surface area contributed by atoms with Gasteiger partial charge in [0.15, 0.2) is 0 Å². The summed E-state index contributed by atoms with van der Waals surface area (Å²) in [5, 5.41) is 2.95. The molecule has 2 fully saturated rings. The molecule has 2 aliphatic heterocycles. The predicted octanol–water partition coefficient (Wildman–Crippen LogP) is 2.03. The third-order valence-corrected chi connectivity index (χ3v) is 4.99. The molecule has 24 heavy (non-hydrogen) atoms. The van der Waals surface area contributed by atoms with Gasteiger partial charge in [-0.3, -0.25) is 9.59 Å². The van der Waals surface area contributed by atoms with Crippen molar-refractivity contribution in [2.45, 2.75) is 32.1 Å². The molecule has 0 unspecified atom stereocenters. The van der Waals surface area contributed by atoms with Crippen LogP contribution in [0.15, 0.2) is 30.3 Å². The molecule has 1 atom stereocenters. The van der Waals surface area contributed by atoms with E-state index in [2.05, 4.69) is 10.2 Å². The van der Waals surface area contributed by atoms with Crippen LogP contribution in [0.2, 0.25) is 0 Å². The van der Waals surface area contributed by atoms with Crippen molar-refractivity contribution in [2.24, 2.45) is 5.92 Å². The predicted molar refractivity (Wildman–Crippen MR) is 94.8 cm³/mol. The molecular formula is C19H27N3O2. The Morgan fingerprint density at radius 1 is 1.08 bits per heavy atom. The quantitative estimate of drug-likeness (QED) is 0.642. The van der Waals surface area contributed by atoms with Crippen molar-refractivity contribution in [1.29, 1.82) is 0 Å². The van der Waals surface area contributed by atoms with Crippen LogP contribution in [0.5, 0.6) is 0 Å². The van der Waals surface area contributed by atoms with E-state index in [0.29, 0.717) is 19.5 Å². The van der Waals surface area contributed by atoms with E-state index < -0.39 is 5.92 Å². The SMILES string of the molecule is O=C(NCCCN1CCCCC1)[C@H]1CCN(c2ccccc2)C1=O. The molecule has 2 aliphatic rings. The Morgan fingerprint density at radius 2 is 1.83 bits per heavy atom. The molecular weight excluding hydrogens is 302 g/mol. The average Bonchev–Trinajstić information content (AvgIpc) is 3.02. The number of anilines is 1. The molecule has 0 bridgehead atoms. The molecule has 1 aromatic carbocycles. The maximum atomic E-state index is 12.5. The standard InChI is InChI=1S/C19H27N3O2/c23-18(20-11-7-14-21-12-5-2-6-13-21)17-10-15-22(19(17)24)16-8-3-1-4-9-16/h1,3-4,8-9,17H,2,5-7,10-15H2,(H,20,23)/t17-/m1/s1. The molecule has 1 aromatic rings. The molecule has 0 aromatic heterocycles. The Morgan fingerprint density at radius 3 is 2.58 bits per heavy atom. The maximum Gasteiger partial charge on any atom is 0.239 e. The van der Waals surface area contributed by atoms with E-state index in [-0.39, 0.29) is 11.8 Å². The maximum absolute atomic E-state index is 12.5. The second-order valence-corrected chi connectivity index (χ2v) is 6.71. The third kappa shape index (κ3) is 4.15. The Bertz CT molecular complexity index is 555. The van der Waals surface area contributed by atoms with Gasteiger partial charge < -0.3 is 15.1 Å². The summed E-state index contributed by atoms with van der Waals surface area (Å²) in [6, 6.07) is 9.58. The van der Waals surface area contributed by atoms with Crippen LogP contribution in [0.25, 0.3) is 0 Å². The van der Waals surface area contributed by atoms with Crippen molar-refractivity contribution < 1.29 is 9.59 Å². The van der Waals surface area contributed by atoms with Gasteiger partial charge in [-0.15, -0.1) is 0 Å². The first-order valence-corrected chi connectivity index (χ1v) is 9.12. The summed E-state index contributed by atoms with van der Waals surface area (Å²) in [6.07, 6.45) is 5.48. The lowest BCUT2D eigenvalue weighted by atomic mass is 10.1. The summed E-state index contributed by atoms with van der Waals surface area (Å²) in [7, 11) is 0. The highest BCUT2D eigenvalue weighted by Crippen LogP contribution is 2.25. The highest BCUT2D eigenvalue weighted by atomic mass is 16.2. The van der Waals surface area contributed by atoms with Gasteiger partial charge in [0.2, 0.25) is 11.8 Å². The average molecular weight is 329 g/mol. The second-order valence-electron chi connectivity index (χ2n) is 6.71. The van der Waals surface area contributed by atoms with E-state index in [4.69, 9.17) is 0 Å². The topological polar surface area (TPSA) is 52.7 Å². The van der Waals surface area contributed by atoms with Crippen LogP contribution in [0.4, 0.5) is 5.69 Å². The van der Waals surface area contributed by atoms with Gasteiger partial charge in [-0.2, -0.15) is 0 Å². The normalized spacial score (nSPS) is 21.9. The molecule has 0 saturated carbocycles. The first-order chi connectivity index (χ1) is 11.8. The van der Waals surface area contributed by atoms with E-state index in [0.717, 1.165) is 18.7 Å². The molecule has 2 heterocycles. The fourth-order valence-corrected chi connectivity index (χ4v) is 3.61. The van der Waals surface area contributed by atoms with Gasteiger partial charge in [-0.25, -0.2) is 0 Å². The van der Waals surface area contributed by atoms with Crippen LogP contribution in [-0.4, -0.2) is 49.4 Å². The smallest absolute Gasteiger partial charge is 0.239 e. The molecule has 3 rings (SSSR count). The highest BCUT2D eigenvalue weighted by Gasteiger charge is 2.37. The number of rotatable bonds is 6. The fourth-order valence-electron chi connectivity index (χ4n) is 3.61. The minimum Gasteiger partial charge on any atom is -0.355 e. The number of carbonyl (C=O) groups excluding carboxylic acids is 2. The number of amides is 2. The van der Waals surface area contributed by atoms with Gasteiger partial charge in [-0.1, -0.05) is 24.6 Å². The van der Waals surface area contributed by atoms with Crippen LogP contribution in [0, 0.1) is 5.92 Å². The number of nitrogens with one attached hydrogen (secondary N) is 1. The summed E-state index contributed by atoms with van der Waals surface area (Å²) in [5.41, 5.74) is 0.878. The van der Waals surface area contributed by atoms with Gasteiger partial charge in [-0.05, 0) is 57.5 Å². The van der Waals surface area contributed by atoms with Crippen LogP contribution < -0.4 is 10.2 Å². The summed E-state index contributed by atoms with van der Waals surface area (Å²) in [4.78, 5) is 29.0. The Hall–Kier alpha value is -1.88. The minimum atomic E-state index is -0.528. The lowest BCUT2D eigenvalue weighted by Gasteiger charge is -2.26. The van der Waals surface area contributed by atoms with Crippen molar-refractivity contribution in [3.63, 3.8) is 0 Å². The number of hydrogen-bond donors (Lipinski definition) is 1. The molecule has 5 heteroatoms. The van der Waals surface area contributed by atoms with E-state index >= 15 is 0 Å². The molecule has 1 N–H and O–H groups in total. The zero-order valence-electron chi connectivity index (χ0n) is 14.2. The monoisotopic (exact) mass is 329 g/mol. The van der Waals surface area contributed by atoms with Gasteiger partial charge in [0, 0.05) is 18.8 Å². The lowest BCUT2D eigenvalue weighted by molar-refractivity contribution is -0.132. The molecule has 5 nitrogen and oxygen atoms in total. The Balaban J connectivity index is 1.41. The minimum absolute atomic E-state index is 0.0743. The van der Waals surface area contributed by atoms with E-state index in [1.807, 2.05) is 30.3 Å². The fraction of sp³-hybridized carbons (Fsp3) is 0.579. The first kappa shape index (κ1) is 17.0. The molecule has 0 aliphatic carbocycles. The van der Waals surface area contributed by atoms with Crippen molar-refractivity contribution in [3.8, 4) is 0 Å². The van der Waals surface area contributed by atoms with Crippen molar-refractivity contribution >= 4 is 17.5 Å². The number of benzene rings is 1. The van der Waals surface area contributed by atoms with Crippen LogP contribution in [0.1, 0.15) is 32.1 Å². The van der Waals surface area contributed by atoms with E-state index in [9.17, 15) is 9.59 Å². The zero-order valence-corrected chi connectivity index (χ0v) is 14.2. The molecule has 0 spiro atoms. The Kier molecular flexibility index (Phi) is 5.86. The number of likely N-dealkylation sites (tertiary alicyclic amines) is 1. The third-order valence-electron chi connectivity index (χ3n) is 4.99. The number of nitrogens with zero attached hydrogens (tertiary/aromatic N) is 2. The largest absolute Gasteiger partial charge is 0.355 e. The van der Waals surface area contributed by atoms with Crippen LogP contribution >= 0.6 is 0 Å². The van der Waals surface area contributed by atoms with Gasteiger partial charge in [0.25, 0.3) is 0 Å². The highest BCUT2D eigenvalue weighted by molar-refractivity contribution is 6.09. The molecule has 0 radical (unpaired) electrons. The number of piperidine rings is 1. The first-order valence-electron chi connectivity index (χ1n) is 9.12. The molecule has 2 amide bonds. The number of carbonyl (C=O) groups is 2. The van der Waals surface area contributed by atoms with Crippen LogP contribution in [-0.2, 0) is 9.59 Å². The molecule has 2 saturated heterocycles. The molecule has 130 valence electrons. The Labute approximate surface area is 144 Å². The second kappa shape index (κ2) is 8.29. The lowest BCUT2D eigenvalue weighted by Crippen LogP contribution is -2.38. The van der Waals surface area contributed by atoms with Gasteiger partial charge in [0.05, 0.1) is 0 Å². The van der Waals surface area contributed by atoms with Crippen molar-refractivity contribution in [1.82, 2.24) is 10.2 Å². The van der Waals surface area contributed by atoms with Crippen molar-refractivity contribution in [2.75, 3.05) is 37.6 Å². The van der Waals surface area contributed by atoms with Gasteiger partial charge >= 0.3 is 0 Å². The summed E-state index contributed by atoms with van der Waals surface area (Å²) < 4.78 is 0. The van der Waals surface area contributed by atoms with Crippen molar-refractivity contribution in [3.05, 3.63) is 30.3 Å². The van der Waals surface area contributed by atoms with E-state index in [1.54, 1.807) is 4.90 Å². The summed E-state index contributed by atoms with van der Waals surface area (Å²) in [6.45, 7) is 4.68. The summed E-state index contributed by atoms with van der Waals surface area (Å²) in [5.74, 6) is -0.716. The number of hydrogen-bond acceptors (Lipinski definition) is 3. The van der Waals surface area contributed by atoms with Crippen LogP contribution in [0.3, 0.4) is 0 Å².